The Hall–Kier alpha value is -3.49. The van der Waals surface area contributed by atoms with Gasteiger partial charge in [0.05, 0.1) is 6.54 Å². The summed E-state index contributed by atoms with van der Waals surface area (Å²) >= 11 is 1.83. The van der Waals surface area contributed by atoms with Gasteiger partial charge >= 0.3 is 12.0 Å². The lowest BCUT2D eigenvalue weighted by atomic mass is 10.1. The van der Waals surface area contributed by atoms with Crippen molar-refractivity contribution < 1.29 is 24.2 Å². The van der Waals surface area contributed by atoms with Crippen LogP contribution in [0.3, 0.4) is 0 Å². The lowest BCUT2D eigenvalue weighted by Gasteiger charge is -2.23. The molecule has 0 heterocycles. The van der Waals surface area contributed by atoms with E-state index in [1.165, 1.54) is 10.5 Å². The molecule has 214 valence electrons. The Kier molecular flexibility index (Phi) is 13.9. The van der Waals surface area contributed by atoms with Crippen molar-refractivity contribution in [2.45, 2.75) is 43.6 Å². The van der Waals surface area contributed by atoms with E-state index in [1.54, 1.807) is 6.92 Å². The van der Waals surface area contributed by atoms with Gasteiger partial charge in [-0.15, -0.1) is 11.8 Å². The van der Waals surface area contributed by atoms with Gasteiger partial charge in [0.15, 0.2) is 6.10 Å². The number of benzene rings is 3. The zero-order valence-corrected chi connectivity index (χ0v) is 24.0. The predicted molar refractivity (Wildman–Crippen MR) is 160 cm³/mol. The highest BCUT2D eigenvalue weighted by atomic mass is 32.2. The molecule has 0 aromatic heterocycles. The second-order valence-corrected chi connectivity index (χ2v) is 10.5. The molecule has 7 nitrogen and oxygen atoms in total. The first-order valence-electron chi connectivity index (χ1n) is 13.9. The Morgan fingerprint density at radius 1 is 0.900 bits per heavy atom. The third-order valence-corrected chi connectivity index (χ3v) is 7.37. The summed E-state index contributed by atoms with van der Waals surface area (Å²) in [5, 5.41) is 12.4. The number of aliphatic carboxylic acids is 1. The smallest absolute Gasteiger partial charge is 0.333 e. The molecule has 0 aliphatic rings. The Labute approximate surface area is 241 Å². The zero-order chi connectivity index (χ0) is 28.4. The van der Waals surface area contributed by atoms with Crippen LogP contribution < -0.4 is 10.1 Å². The van der Waals surface area contributed by atoms with Gasteiger partial charge in [-0.1, -0.05) is 60.7 Å². The van der Waals surface area contributed by atoms with Gasteiger partial charge in [0.2, 0.25) is 0 Å². The fourth-order valence-corrected chi connectivity index (χ4v) is 5.06. The van der Waals surface area contributed by atoms with E-state index in [1.807, 2.05) is 77.3 Å². The summed E-state index contributed by atoms with van der Waals surface area (Å²) < 4.78 is 11.2. The average Bonchev–Trinajstić information content (AvgIpc) is 2.97. The number of rotatable bonds is 18. The Morgan fingerprint density at radius 3 is 2.27 bits per heavy atom. The SMILES string of the molecule is CCOC(Cc1ccc(OCCN(CCCCSc2ccccc2)C(=O)NCCc2ccccc2)cc1)C(=O)O. The van der Waals surface area contributed by atoms with Gasteiger partial charge in [-0.25, -0.2) is 9.59 Å². The summed E-state index contributed by atoms with van der Waals surface area (Å²) in [7, 11) is 0. The van der Waals surface area contributed by atoms with Gasteiger partial charge in [-0.05, 0) is 67.3 Å². The maximum Gasteiger partial charge on any atom is 0.333 e. The fraction of sp³-hybridized carbons (Fsp3) is 0.375. The number of carbonyl (C=O) groups excluding carboxylic acids is 1. The molecule has 1 atom stereocenters. The summed E-state index contributed by atoms with van der Waals surface area (Å²) in [6.45, 7) is 4.19. The fourth-order valence-electron chi connectivity index (χ4n) is 4.12. The standard InChI is InChI=1S/C32H40N2O5S/c1-2-38-30(31(35)36)25-27-15-17-28(18-16-27)39-23-22-34(21-9-10-24-40-29-13-7-4-8-14-29)32(37)33-20-19-26-11-5-3-6-12-26/h3-8,11-18,30H,2,9-10,19-25H2,1H3,(H,33,37)(H,35,36). The van der Waals surface area contributed by atoms with Crippen LogP contribution in [0.15, 0.2) is 89.8 Å². The van der Waals surface area contributed by atoms with Crippen LogP contribution in [-0.4, -0.2) is 66.7 Å². The Balaban J connectivity index is 1.46. The molecule has 0 aliphatic heterocycles. The summed E-state index contributed by atoms with van der Waals surface area (Å²) in [4.78, 5) is 27.4. The molecule has 0 aliphatic carbocycles. The van der Waals surface area contributed by atoms with Gasteiger partial charge in [0.1, 0.15) is 12.4 Å². The summed E-state index contributed by atoms with van der Waals surface area (Å²) in [6.07, 6.45) is 2.13. The molecule has 40 heavy (non-hydrogen) atoms. The molecule has 0 saturated carbocycles. The number of carboxylic acids is 1. The average molecular weight is 565 g/mol. The monoisotopic (exact) mass is 564 g/mol. The van der Waals surface area contributed by atoms with Crippen LogP contribution in [0.2, 0.25) is 0 Å². The predicted octanol–water partition coefficient (Wildman–Crippen LogP) is 5.92. The molecular weight excluding hydrogens is 524 g/mol. The van der Waals surface area contributed by atoms with Gasteiger partial charge in [0, 0.05) is 31.0 Å². The van der Waals surface area contributed by atoms with Crippen molar-refractivity contribution in [3.63, 3.8) is 0 Å². The lowest BCUT2D eigenvalue weighted by Crippen LogP contribution is -2.43. The molecule has 1 unspecified atom stereocenters. The molecule has 8 heteroatoms. The number of amides is 2. The minimum absolute atomic E-state index is 0.0822. The molecule has 3 rings (SSSR count). The summed E-state index contributed by atoms with van der Waals surface area (Å²) in [6, 6.07) is 27.7. The number of urea groups is 1. The first-order chi connectivity index (χ1) is 19.5. The minimum Gasteiger partial charge on any atom is -0.492 e. The van der Waals surface area contributed by atoms with Crippen molar-refractivity contribution in [3.05, 3.63) is 96.1 Å². The van der Waals surface area contributed by atoms with Gasteiger partial charge < -0.3 is 24.8 Å². The number of nitrogens with zero attached hydrogens (tertiary/aromatic N) is 1. The largest absolute Gasteiger partial charge is 0.492 e. The van der Waals surface area contributed by atoms with E-state index in [-0.39, 0.29) is 6.03 Å². The Bertz CT molecular complexity index is 1130. The van der Waals surface area contributed by atoms with Crippen LogP contribution in [0, 0.1) is 0 Å². The molecule has 3 aromatic carbocycles. The maximum atomic E-state index is 13.0. The number of nitrogens with one attached hydrogen (secondary N) is 1. The topological polar surface area (TPSA) is 88.1 Å². The molecule has 0 fully saturated rings. The first kappa shape index (κ1) is 31.0. The second kappa shape index (κ2) is 18.0. The second-order valence-electron chi connectivity index (χ2n) is 9.30. The number of unbranched alkanes of at least 4 members (excludes halogenated alkanes) is 1. The molecule has 2 amide bonds. The van der Waals surface area contributed by atoms with E-state index in [4.69, 9.17) is 9.47 Å². The molecule has 2 N–H and O–H groups in total. The molecular formula is C32H40N2O5S. The van der Waals surface area contributed by atoms with E-state index in [2.05, 4.69) is 29.6 Å². The van der Waals surface area contributed by atoms with E-state index in [9.17, 15) is 14.7 Å². The summed E-state index contributed by atoms with van der Waals surface area (Å²) in [5.41, 5.74) is 2.05. The zero-order valence-electron chi connectivity index (χ0n) is 23.2. The summed E-state index contributed by atoms with van der Waals surface area (Å²) in [5.74, 6) is 0.709. The number of carbonyl (C=O) groups is 2. The number of carboxylic acid groups (broad SMARTS) is 1. The number of hydrogen-bond donors (Lipinski definition) is 2. The van der Waals surface area contributed by atoms with Crippen LogP contribution in [0.5, 0.6) is 5.75 Å². The van der Waals surface area contributed by atoms with E-state index < -0.39 is 12.1 Å². The number of ether oxygens (including phenoxy) is 2. The van der Waals surface area contributed by atoms with Crippen LogP contribution in [0.4, 0.5) is 4.79 Å². The Morgan fingerprint density at radius 2 is 1.60 bits per heavy atom. The molecule has 0 radical (unpaired) electrons. The highest BCUT2D eigenvalue weighted by Crippen LogP contribution is 2.19. The molecule has 0 saturated heterocycles. The van der Waals surface area contributed by atoms with Gasteiger partial charge in [0.25, 0.3) is 0 Å². The molecule has 3 aromatic rings. The van der Waals surface area contributed by atoms with Crippen molar-refractivity contribution in [1.29, 1.82) is 0 Å². The third-order valence-electron chi connectivity index (χ3n) is 6.27. The van der Waals surface area contributed by atoms with Crippen LogP contribution >= 0.6 is 11.8 Å². The third kappa shape index (κ3) is 11.7. The lowest BCUT2D eigenvalue weighted by molar-refractivity contribution is -0.149. The van der Waals surface area contributed by atoms with Gasteiger partial charge in [-0.3, -0.25) is 0 Å². The van der Waals surface area contributed by atoms with Crippen molar-refractivity contribution >= 4 is 23.8 Å². The maximum absolute atomic E-state index is 13.0. The van der Waals surface area contributed by atoms with Crippen LogP contribution in [-0.2, 0) is 22.4 Å². The quantitative estimate of drug-likeness (QED) is 0.147. The van der Waals surface area contributed by atoms with Crippen molar-refractivity contribution in [2.24, 2.45) is 0 Å². The molecule has 0 spiro atoms. The normalized spacial score (nSPS) is 11.5. The van der Waals surface area contributed by atoms with Crippen molar-refractivity contribution in [2.75, 3.05) is 38.6 Å². The number of thioether (sulfide) groups is 1. The van der Waals surface area contributed by atoms with E-state index >= 15 is 0 Å². The van der Waals surface area contributed by atoms with Crippen LogP contribution in [0.1, 0.15) is 30.9 Å². The van der Waals surface area contributed by atoms with Crippen molar-refractivity contribution in [3.8, 4) is 5.75 Å². The number of hydrogen-bond acceptors (Lipinski definition) is 5. The minimum atomic E-state index is -0.969. The highest BCUT2D eigenvalue weighted by Gasteiger charge is 2.18. The van der Waals surface area contributed by atoms with E-state index in [0.29, 0.717) is 45.0 Å². The highest BCUT2D eigenvalue weighted by molar-refractivity contribution is 7.99. The first-order valence-corrected chi connectivity index (χ1v) is 14.8. The van der Waals surface area contributed by atoms with Crippen LogP contribution in [0.25, 0.3) is 0 Å². The van der Waals surface area contributed by atoms with Gasteiger partial charge in [-0.2, -0.15) is 0 Å². The molecule has 0 bridgehead atoms. The van der Waals surface area contributed by atoms with Crippen molar-refractivity contribution in [1.82, 2.24) is 10.2 Å². The van der Waals surface area contributed by atoms with E-state index in [0.717, 1.165) is 30.6 Å².